The Labute approximate surface area is 146 Å². The van der Waals surface area contributed by atoms with Gasteiger partial charge >= 0.3 is 0 Å². The van der Waals surface area contributed by atoms with Gasteiger partial charge in [0.05, 0.1) is 11.3 Å². The molecular formula is C20H32N2O2. The van der Waals surface area contributed by atoms with Crippen molar-refractivity contribution < 1.29 is 10.0 Å². The van der Waals surface area contributed by atoms with Crippen LogP contribution in [-0.2, 0) is 4.84 Å². The van der Waals surface area contributed by atoms with Crippen LogP contribution in [0.3, 0.4) is 0 Å². The quantitative estimate of drug-likeness (QED) is 0.596. The second-order valence-corrected chi connectivity index (χ2v) is 7.50. The molecule has 1 heterocycles. The summed E-state index contributed by atoms with van der Waals surface area (Å²) in [4.78, 5) is 6.55. The Morgan fingerprint density at radius 1 is 1.25 bits per heavy atom. The second kappa shape index (κ2) is 7.24. The molecule has 1 fully saturated rings. The minimum Gasteiger partial charge on any atom is -0.411 e. The van der Waals surface area contributed by atoms with E-state index in [1.807, 2.05) is 18.2 Å². The molecule has 0 bridgehead atoms. The molecule has 4 heteroatoms. The Morgan fingerprint density at radius 3 is 2.38 bits per heavy atom. The van der Waals surface area contributed by atoms with Gasteiger partial charge in [0.2, 0.25) is 0 Å². The van der Waals surface area contributed by atoms with E-state index in [1.165, 1.54) is 5.56 Å². The maximum Gasteiger partial charge on any atom is 0.102 e. The van der Waals surface area contributed by atoms with Gasteiger partial charge in [-0.2, -0.15) is 5.06 Å². The summed E-state index contributed by atoms with van der Waals surface area (Å²) in [6.07, 6.45) is 2.54. The molecule has 4 nitrogen and oxygen atoms in total. The maximum absolute atomic E-state index is 9.49. The van der Waals surface area contributed by atoms with Crippen molar-refractivity contribution in [3.63, 3.8) is 0 Å². The van der Waals surface area contributed by atoms with Gasteiger partial charge < -0.3 is 5.21 Å². The molecule has 24 heavy (non-hydrogen) atoms. The summed E-state index contributed by atoms with van der Waals surface area (Å²) in [7, 11) is 0. The first-order valence-electron chi connectivity index (χ1n) is 9.05. The summed E-state index contributed by atoms with van der Waals surface area (Å²) in [6.45, 7) is 13.0. The third-order valence-corrected chi connectivity index (χ3v) is 6.09. The minimum absolute atomic E-state index is 0.0252. The van der Waals surface area contributed by atoms with Crippen molar-refractivity contribution >= 4 is 5.71 Å². The Kier molecular flexibility index (Phi) is 5.71. The van der Waals surface area contributed by atoms with Gasteiger partial charge in [-0.1, -0.05) is 56.3 Å². The van der Waals surface area contributed by atoms with Crippen molar-refractivity contribution in [2.75, 3.05) is 0 Å². The standard InChI is InChI=1S/C20H32N2O2/c1-7-19(5)14-18(21-23)15(3)20(6,8-2)22(19)24-16(4)17-12-10-9-11-13-17/h9-13,15-16,23H,7-8,14H2,1-6H3/b21-18-. The van der Waals surface area contributed by atoms with Gasteiger partial charge in [-0.15, -0.1) is 0 Å². The summed E-state index contributed by atoms with van der Waals surface area (Å²) in [5, 5.41) is 15.3. The molecule has 1 saturated heterocycles. The van der Waals surface area contributed by atoms with Gasteiger partial charge in [-0.25, -0.2) is 0 Å². The van der Waals surface area contributed by atoms with E-state index in [9.17, 15) is 5.21 Å². The molecule has 1 aliphatic heterocycles. The fourth-order valence-electron chi connectivity index (χ4n) is 3.80. The van der Waals surface area contributed by atoms with Gasteiger partial charge in [0, 0.05) is 17.9 Å². The highest BCUT2D eigenvalue weighted by molar-refractivity contribution is 5.89. The van der Waals surface area contributed by atoms with Crippen LogP contribution in [0.2, 0.25) is 0 Å². The molecule has 0 amide bonds. The maximum atomic E-state index is 9.49. The van der Waals surface area contributed by atoms with E-state index in [2.05, 4.69) is 63.9 Å². The third kappa shape index (κ3) is 3.22. The fraction of sp³-hybridized carbons (Fsp3) is 0.650. The van der Waals surface area contributed by atoms with Crippen molar-refractivity contribution in [2.45, 2.75) is 78.0 Å². The lowest BCUT2D eigenvalue weighted by Crippen LogP contribution is -2.66. The highest BCUT2D eigenvalue weighted by atomic mass is 16.7. The molecular weight excluding hydrogens is 300 g/mol. The normalized spacial score (nSPS) is 34.4. The van der Waals surface area contributed by atoms with E-state index in [4.69, 9.17) is 4.84 Å². The lowest BCUT2D eigenvalue weighted by atomic mass is 9.70. The number of oxime groups is 1. The SMILES string of the molecule is CCC1(C)C/C(=N/O)C(C)C(C)(CC)N1OC(C)c1ccccc1. The third-order valence-electron chi connectivity index (χ3n) is 6.09. The molecule has 1 aromatic carbocycles. The van der Waals surface area contributed by atoms with Crippen LogP contribution in [0.5, 0.6) is 0 Å². The summed E-state index contributed by atoms with van der Waals surface area (Å²) in [6, 6.07) is 10.3. The monoisotopic (exact) mass is 332 g/mol. The number of hydrogen-bond acceptors (Lipinski definition) is 4. The van der Waals surface area contributed by atoms with Crippen LogP contribution in [0.4, 0.5) is 0 Å². The van der Waals surface area contributed by atoms with Crippen molar-refractivity contribution in [1.29, 1.82) is 0 Å². The molecule has 0 saturated carbocycles. The average Bonchev–Trinajstić information content (AvgIpc) is 2.62. The Bertz CT molecular complexity index is 574. The predicted molar refractivity (Wildman–Crippen MR) is 98.2 cm³/mol. The number of hydrogen-bond donors (Lipinski definition) is 1. The first-order valence-corrected chi connectivity index (χ1v) is 9.05. The molecule has 4 unspecified atom stereocenters. The van der Waals surface area contributed by atoms with E-state index in [0.29, 0.717) is 0 Å². The van der Waals surface area contributed by atoms with Crippen LogP contribution in [0, 0.1) is 5.92 Å². The topological polar surface area (TPSA) is 45.1 Å². The van der Waals surface area contributed by atoms with Crippen LogP contribution in [0.15, 0.2) is 35.5 Å². The van der Waals surface area contributed by atoms with E-state index in [0.717, 1.165) is 25.0 Å². The van der Waals surface area contributed by atoms with Crippen LogP contribution >= 0.6 is 0 Å². The van der Waals surface area contributed by atoms with E-state index >= 15 is 0 Å². The molecule has 1 N–H and O–H groups in total. The number of piperidine rings is 1. The van der Waals surface area contributed by atoms with Gasteiger partial charge in [-0.3, -0.25) is 4.84 Å². The van der Waals surface area contributed by atoms with E-state index in [-0.39, 0.29) is 23.1 Å². The smallest absolute Gasteiger partial charge is 0.102 e. The zero-order valence-corrected chi connectivity index (χ0v) is 15.9. The number of rotatable bonds is 5. The predicted octanol–water partition coefficient (Wildman–Crippen LogP) is 5.19. The lowest BCUT2D eigenvalue weighted by Gasteiger charge is -2.57. The molecule has 134 valence electrons. The zero-order chi connectivity index (χ0) is 18.0. The van der Waals surface area contributed by atoms with Crippen molar-refractivity contribution in [3.8, 4) is 0 Å². The first kappa shape index (κ1) is 18.9. The Hall–Kier alpha value is -1.39. The molecule has 4 atom stereocenters. The molecule has 0 radical (unpaired) electrons. The molecule has 1 aliphatic rings. The first-order chi connectivity index (χ1) is 11.3. The number of benzene rings is 1. The molecule has 1 aromatic rings. The van der Waals surface area contributed by atoms with Crippen molar-refractivity contribution in [2.24, 2.45) is 11.1 Å². The molecule has 0 aromatic heterocycles. The van der Waals surface area contributed by atoms with E-state index in [1.54, 1.807) is 0 Å². The second-order valence-electron chi connectivity index (χ2n) is 7.50. The van der Waals surface area contributed by atoms with E-state index < -0.39 is 0 Å². The summed E-state index contributed by atoms with van der Waals surface area (Å²) in [5.74, 6) is 0.134. The molecule has 2 rings (SSSR count). The van der Waals surface area contributed by atoms with Crippen LogP contribution in [0.1, 0.15) is 72.5 Å². The molecule has 0 spiro atoms. The lowest BCUT2D eigenvalue weighted by molar-refractivity contribution is -0.310. The van der Waals surface area contributed by atoms with Crippen LogP contribution in [0.25, 0.3) is 0 Å². The average molecular weight is 332 g/mol. The van der Waals surface area contributed by atoms with Crippen molar-refractivity contribution in [1.82, 2.24) is 5.06 Å². The minimum atomic E-state index is -0.215. The molecule has 0 aliphatic carbocycles. The highest BCUT2D eigenvalue weighted by Crippen LogP contribution is 2.45. The Balaban J connectivity index is 2.39. The summed E-state index contributed by atoms with van der Waals surface area (Å²) in [5.41, 5.74) is 1.63. The fourth-order valence-corrected chi connectivity index (χ4v) is 3.80. The van der Waals surface area contributed by atoms with Gasteiger partial charge in [0.1, 0.15) is 6.10 Å². The summed E-state index contributed by atoms with van der Waals surface area (Å²) >= 11 is 0. The van der Waals surface area contributed by atoms with Crippen LogP contribution in [-0.4, -0.2) is 27.1 Å². The highest BCUT2D eigenvalue weighted by Gasteiger charge is 2.53. The van der Waals surface area contributed by atoms with Gasteiger partial charge in [-0.05, 0) is 39.2 Å². The van der Waals surface area contributed by atoms with Gasteiger partial charge in [0.25, 0.3) is 0 Å². The largest absolute Gasteiger partial charge is 0.411 e. The van der Waals surface area contributed by atoms with Gasteiger partial charge in [0.15, 0.2) is 0 Å². The summed E-state index contributed by atoms with van der Waals surface area (Å²) < 4.78 is 0. The number of hydroxylamine groups is 2. The Morgan fingerprint density at radius 2 is 1.88 bits per heavy atom. The number of nitrogens with zero attached hydrogens (tertiary/aromatic N) is 2. The van der Waals surface area contributed by atoms with Crippen LogP contribution < -0.4 is 0 Å². The zero-order valence-electron chi connectivity index (χ0n) is 15.9. The van der Waals surface area contributed by atoms with Crippen molar-refractivity contribution in [3.05, 3.63) is 35.9 Å².